The smallest absolute Gasteiger partial charge is 0.243 e. The van der Waals surface area contributed by atoms with E-state index < -0.39 is 6.04 Å². The topological polar surface area (TPSA) is 49.4 Å². The highest BCUT2D eigenvalue weighted by atomic mass is 35.5. The van der Waals surface area contributed by atoms with Crippen molar-refractivity contribution < 1.29 is 9.59 Å². The van der Waals surface area contributed by atoms with Crippen LogP contribution in [0.3, 0.4) is 0 Å². The van der Waals surface area contributed by atoms with Gasteiger partial charge < -0.3 is 10.2 Å². The highest BCUT2D eigenvalue weighted by molar-refractivity contribution is 7.99. The molecular formula is C29H31Cl3N2O2S. The molecule has 196 valence electrons. The molecular weight excluding hydrogens is 547 g/mol. The minimum Gasteiger partial charge on any atom is -0.354 e. The fourth-order valence-electron chi connectivity index (χ4n) is 3.84. The van der Waals surface area contributed by atoms with Crippen LogP contribution in [-0.2, 0) is 28.3 Å². The number of nitrogens with zero attached hydrogens (tertiary/aromatic N) is 1. The van der Waals surface area contributed by atoms with Crippen LogP contribution in [0.5, 0.6) is 0 Å². The summed E-state index contributed by atoms with van der Waals surface area (Å²) in [4.78, 5) is 28.8. The molecule has 8 heteroatoms. The summed E-state index contributed by atoms with van der Waals surface area (Å²) in [7, 11) is 0. The van der Waals surface area contributed by atoms with E-state index in [0.29, 0.717) is 33.8 Å². The summed E-state index contributed by atoms with van der Waals surface area (Å²) in [6.45, 7) is 2.89. The van der Waals surface area contributed by atoms with Gasteiger partial charge in [-0.1, -0.05) is 103 Å². The third-order valence-electron chi connectivity index (χ3n) is 5.88. The van der Waals surface area contributed by atoms with Gasteiger partial charge in [0, 0.05) is 30.3 Å². The summed E-state index contributed by atoms with van der Waals surface area (Å²) in [5.74, 6) is 0.510. The van der Waals surface area contributed by atoms with Gasteiger partial charge in [0.15, 0.2) is 0 Å². The Bertz CT molecular complexity index is 1180. The van der Waals surface area contributed by atoms with Gasteiger partial charge in [-0.25, -0.2) is 0 Å². The molecule has 1 atom stereocenters. The summed E-state index contributed by atoms with van der Waals surface area (Å²) in [6, 6.07) is 22.0. The second-order valence-corrected chi connectivity index (χ2v) is 10.9. The quantitative estimate of drug-likeness (QED) is 0.215. The zero-order valence-electron chi connectivity index (χ0n) is 20.8. The molecule has 3 aromatic carbocycles. The lowest BCUT2D eigenvalue weighted by atomic mass is 10.0. The van der Waals surface area contributed by atoms with Crippen molar-refractivity contribution in [1.82, 2.24) is 10.2 Å². The lowest BCUT2D eigenvalue weighted by Crippen LogP contribution is -2.51. The van der Waals surface area contributed by atoms with Crippen LogP contribution in [0.2, 0.25) is 15.1 Å². The summed E-state index contributed by atoms with van der Waals surface area (Å²) < 4.78 is 0. The molecule has 0 fully saturated rings. The number of thioether (sulfide) groups is 1. The zero-order valence-corrected chi connectivity index (χ0v) is 23.8. The largest absolute Gasteiger partial charge is 0.354 e. The average Bonchev–Trinajstić information content (AvgIpc) is 2.89. The SMILES string of the molecule is CCCCNC(=O)[C@@H](Cc1ccccc1)N(Cc1ccccc1Cl)C(=O)CSCc1ccc(Cl)c(Cl)c1. The van der Waals surface area contributed by atoms with Gasteiger partial charge in [-0.05, 0) is 41.3 Å². The van der Waals surface area contributed by atoms with Crippen molar-refractivity contribution in [2.75, 3.05) is 12.3 Å². The van der Waals surface area contributed by atoms with Gasteiger partial charge in [0.05, 0.1) is 15.8 Å². The Labute approximate surface area is 238 Å². The van der Waals surface area contributed by atoms with Crippen LogP contribution in [0.4, 0.5) is 0 Å². The van der Waals surface area contributed by atoms with E-state index >= 15 is 0 Å². The molecule has 0 aromatic heterocycles. The van der Waals surface area contributed by atoms with Gasteiger partial charge in [0.25, 0.3) is 0 Å². The molecule has 0 saturated carbocycles. The van der Waals surface area contributed by atoms with Crippen molar-refractivity contribution in [3.8, 4) is 0 Å². The van der Waals surface area contributed by atoms with E-state index in [-0.39, 0.29) is 24.1 Å². The summed E-state index contributed by atoms with van der Waals surface area (Å²) in [6.07, 6.45) is 2.26. The molecule has 1 N–H and O–H groups in total. The van der Waals surface area contributed by atoms with Gasteiger partial charge >= 0.3 is 0 Å². The van der Waals surface area contributed by atoms with Crippen LogP contribution in [-0.4, -0.2) is 35.1 Å². The highest BCUT2D eigenvalue weighted by Crippen LogP contribution is 2.26. The number of hydrogen-bond donors (Lipinski definition) is 1. The van der Waals surface area contributed by atoms with Crippen LogP contribution >= 0.6 is 46.6 Å². The fourth-order valence-corrected chi connectivity index (χ4v) is 5.21. The van der Waals surface area contributed by atoms with Crippen molar-refractivity contribution in [3.05, 3.63) is 105 Å². The van der Waals surface area contributed by atoms with E-state index in [0.717, 1.165) is 29.5 Å². The van der Waals surface area contributed by atoms with Gasteiger partial charge in [-0.3, -0.25) is 9.59 Å². The Balaban J connectivity index is 1.83. The maximum Gasteiger partial charge on any atom is 0.243 e. The second kappa shape index (κ2) is 15.3. The van der Waals surface area contributed by atoms with Crippen LogP contribution in [0, 0.1) is 0 Å². The Hall–Kier alpha value is -2.18. The van der Waals surface area contributed by atoms with E-state index in [1.807, 2.05) is 60.7 Å². The number of carbonyl (C=O) groups is 2. The Kier molecular flexibility index (Phi) is 12.1. The van der Waals surface area contributed by atoms with E-state index in [1.165, 1.54) is 11.8 Å². The van der Waals surface area contributed by atoms with Crippen LogP contribution in [0.15, 0.2) is 72.8 Å². The predicted octanol–water partition coefficient (Wildman–Crippen LogP) is 7.44. The van der Waals surface area contributed by atoms with Crippen molar-refractivity contribution in [2.45, 2.75) is 44.5 Å². The number of amides is 2. The van der Waals surface area contributed by atoms with Crippen molar-refractivity contribution in [3.63, 3.8) is 0 Å². The van der Waals surface area contributed by atoms with Crippen LogP contribution in [0.1, 0.15) is 36.5 Å². The zero-order chi connectivity index (χ0) is 26.6. The standard InChI is InChI=1S/C29H31Cl3N2O2S/c1-2-3-15-33-29(36)27(17-21-9-5-4-6-10-21)34(18-23-11-7-8-12-24(23)30)28(35)20-37-19-22-13-14-25(31)26(32)16-22/h4-14,16,27H,2-3,15,17-20H2,1H3,(H,33,36)/t27-/m1/s1. The third kappa shape index (κ3) is 9.26. The minimum absolute atomic E-state index is 0.128. The van der Waals surface area contributed by atoms with Crippen LogP contribution < -0.4 is 5.32 Å². The second-order valence-electron chi connectivity index (χ2n) is 8.70. The maximum absolute atomic E-state index is 13.7. The monoisotopic (exact) mass is 576 g/mol. The first kappa shape index (κ1) is 29.4. The predicted molar refractivity (Wildman–Crippen MR) is 156 cm³/mol. The van der Waals surface area contributed by atoms with E-state index in [9.17, 15) is 9.59 Å². The molecule has 0 heterocycles. The summed E-state index contributed by atoms with van der Waals surface area (Å²) in [5.41, 5.74) is 2.76. The average molecular weight is 578 g/mol. The Morgan fingerprint density at radius 2 is 1.62 bits per heavy atom. The minimum atomic E-state index is -0.673. The first-order valence-electron chi connectivity index (χ1n) is 12.2. The molecule has 0 aliphatic rings. The van der Waals surface area contributed by atoms with Gasteiger partial charge in [0.1, 0.15) is 6.04 Å². The summed E-state index contributed by atoms with van der Waals surface area (Å²) in [5, 5.41) is 4.58. The first-order chi connectivity index (χ1) is 17.9. The highest BCUT2D eigenvalue weighted by Gasteiger charge is 2.30. The molecule has 3 rings (SSSR count). The van der Waals surface area contributed by atoms with Crippen LogP contribution in [0.25, 0.3) is 0 Å². The molecule has 0 saturated heterocycles. The lowest BCUT2D eigenvalue weighted by molar-refractivity contribution is -0.139. The molecule has 0 radical (unpaired) electrons. The molecule has 3 aromatic rings. The number of carbonyl (C=O) groups excluding carboxylic acids is 2. The number of unbranched alkanes of at least 4 members (excludes halogenated alkanes) is 1. The Morgan fingerprint density at radius 3 is 2.32 bits per heavy atom. The number of hydrogen-bond acceptors (Lipinski definition) is 3. The lowest BCUT2D eigenvalue weighted by Gasteiger charge is -2.32. The first-order valence-corrected chi connectivity index (χ1v) is 14.5. The molecule has 2 amide bonds. The van der Waals surface area contributed by atoms with Gasteiger partial charge in [-0.15, -0.1) is 11.8 Å². The molecule has 0 unspecified atom stereocenters. The number of nitrogens with one attached hydrogen (secondary N) is 1. The number of halogens is 3. The molecule has 0 spiro atoms. The normalized spacial score (nSPS) is 11.7. The van der Waals surface area contributed by atoms with Gasteiger partial charge in [0.2, 0.25) is 11.8 Å². The fraction of sp³-hybridized carbons (Fsp3) is 0.310. The van der Waals surface area contributed by atoms with Gasteiger partial charge in [-0.2, -0.15) is 0 Å². The van der Waals surface area contributed by atoms with E-state index in [4.69, 9.17) is 34.8 Å². The van der Waals surface area contributed by atoms with Crippen molar-refractivity contribution >= 4 is 58.4 Å². The Morgan fingerprint density at radius 1 is 0.892 bits per heavy atom. The van der Waals surface area contributed by atoms with E-state index in [1.54, 1.807) is 17.0 Å². The molecule has 4 nitrogen and oxygen atoms in total. The molecule has 37 heavy (non-hydrogen) atoms. The van der Waals surface area contributed by atoms with Crippen molar-refractivity contribution in [2.24, 2.45) is 0 Å². The molecule has 0 aliphatic carbocycles. The summed E-state index contributed by atoms with van der Waals surface area (Å²) >= 11 is 20.1. The molecule has 0 aliphatic heterocycles. The maximum atomic E-state index is 13.7. The van der Waals surface area contributed by atoms with Crippen molar-refractivity contribution in [1.29, 1.82) is 0 Å². The molecule has 0 bridgehead atoms. The van der Waals surface area contributed by atoms with E-state index in [2.05, 4.69) is 12.2 Å². The number of rotatable bonds is 13. The number of benzene rings is 3. The third-order valence-corrected chi connectivity index (χ3v) is 7.97.